The molecule has 0 atom stereocenters. The van der Waals surface area contributed by atoms with Crippen molar-refractivity contribution in [3.8, 4) is 0 Å². The lowest BCUT2D eigenvalue weighted by atomic mass is 10.0. The first kappa shape index (κ1) is 18.8. The SMILES string of the molecule is OCC/C(I)=C\C(F)(F)C(F)(F)C(F)(F)C(F)(F)F. The lowest BCUT2D eigenvalue weighted by Crippen LogP contribution is -2.60. The zero-order valence-corrected chi connectivity index (χ0v) is 10.9. The van der Waals surface area contributed by atoms with Crippen LogP contribution in [-0.4, -0.2) is 35.7 Å². The van der Waals surface area contributed by atoms with E-state index in [1.807, 2.05) is 0 Å². The maximum atomic E-state index is 12.9. The summed E-state index contributed by atoms with van der Waals surface area (Å²) in [6.45, 7) is -0.758. The van der Waals surface area contributed by atoms with Crippen molar-refractivity contribution in [2.24, 2.45) is 0 Å². The van der Waals surface area contributed by atoms with Gasteiger partial charge in [0.15, 0.2) is 0 Å². The van der Waals surface area contributed by atoms with Gasteiger partial charge in [-0.1, -0.05) is 0 Å². The molecule has 0 spiro atoms. The Bertz CT molecular complexity index is 347. The summed E-state index contributed by atoms with van der Waals surface area (Å²) in [5.41, 5.74) is 0. The quantitative estimate of drug-likeness (QED) is 0.528. The van der Waals surface area contributed by atoms with E-state index in [1.54, 1.807) is 0 Å². The second kappa shape index (κ2) is 5.66. The minimum absolute atomic E-state index is 0.580. The summed E-state index contributed by atoms with van der Waals surface area (Å²) in [5, 5.41) is 8.32. The summed E-state index contributed by atoms with van der Waals surface area (Å²) in [7, 11) is 0. The molecule has 0 saturated carbocycles. The molecule has 0 aliphatic heterocycles. The third-order valence-corrected chi connectivity index (χ3v) is 2.71. The molecule has 0 amide bonds. The van der Waals surface area contributed by atoms with Crippen LogP contribution in [0.25, 0.3) is 0 Å². The van der Waals surface area contributed by atoms with Crippen molar-refractivity contribution in [2.45, 2.75) is 30.4 Å². The maximum absolute atomic E-state index is 12.9. The molecule has 0 fully saturated rings. The number of aliphatic hydroxyl groups is 1. The monoisotopic (exact) mass is 416 g/mol. The summed E-state index contributed by atoms with van der Waals surface area (Å²) in [6.07, 6.45) is -8.12. The van der Waals surface area contributed by atoms with Crippen LogP contribution in [0.4, 0.5) is 39.5 Å². The Labute approximate surface area is 114 Å². The van der Waals surface area contributed by atoms with Gasteiger partial charge in [-0.25, -0.2) is 0 Å². The molecule has 0 aliphatic carbocycles. The van der Waals surface area contributed by atoms with E-state index in [0.29, 0.717) is 0 Å². The molecule has 1 nitrogen and oxygen atoms in total. The summed E-state index contributed by atoms with van der Waals surface area (Å²) in [4.78, 5) is 0. The second-order valence-electron chi connectivity index (χ2n) is 3.33. The van der Waals surface area contributed by atoms with Crippen molar-refractivity contribution in [3.63, 3.8) is 0 Å². The van der Waals surface area contributed by atoms with Gasteiger partial charge in [-0.3, -0.25) is 0 Å². The highest BCUT2D eigenvalue weighted by Gasteiger charge is 2.81. The maximum Gasteiger partial charge on any atom is 0.460 e. The Morgan fingerprint density at radius 1 is 0.895 bits per heavy atom. The third-order valence-electron chi connectivity index (χ3n) is 1.86. The molecule has 0 aromatic heterocycles. The highest BCUT2D eigenvalue weighted by Crippen LogP contribution is 2.53. The van der Waals surface area contributed by atoms with E-state index in [2.05, 4.69) is 0 Å². The van der Waals surface area contributed by atoms with Crippen molar-refractivity contribution in [1.29, 1.82) is 0 Å². The van der Waals surface area contributed by atoms with Gasteiger partial charge in [0.05, 0.1) is 0 Å². The zero-order valence-electron chi connectivity index (χ0n) is 8.72. The molecule has 11 heteroatoms. The van der Waals surface area contributed by atoms with Crippen LogP contribution in [0.1, 0.15) is 6.42 Å². The molecule has 0 radical (unpaired) electrons. The molecule has 0 saturated heterocycles. The van der Waals surface area contributed by atoms with Crippen molar-refractivity contribution in [1.82, 2.24) is 0 Å². The van der Waals surface area contributed by atoms with Gasteiger partial charge in [0, 0.05) is 19.1 Å². The zero-order chi connectivity index (χ0) is 15.7. The normalized spacial score (nSPS) is 15.8. The average Bonchev–Trinajstić information content (AvgIpc) is 2.14. The van der Waals surface area contributed by atoms with Gasteiger partial charge in [-0.2, -0.15) is 39.5 Å². The lowest BCUT2D eigenvalue weighted by Gasteiger charge is -2.32. The van der Waals surface area contributed by atoms with Gasteiger partial charge in [0.1, 0.15) is 0 Å². The van der Waals surface area contributed by atoms with Gasteiger partial charge in [0.25, 0.3) is 0 Å². The smallest absolute Gasteiger partial charge is 0.396 e. The summed E-state index contributed by atoms with van der Waals surface area (Å²) in [6, 6.07) is 0. The minimum Gasteiger partial charge on any atom is -0.396 e. The number of hydrogen-bond donors (Lipinski definition) is 1. The predicted molar refractivity (Wildman–Crippen MR) is 54.7 cm³/mol. The number of hydrogen-bond acceptors (Lipinski definition) is 1. The fourth-order valence-electron chi connectivity index (χ4n) is 0.854. The Kier molecular flexibility index (Phi) is 5.60. The Morgan fingerprint density at radius 3 is 1.63 bits per heavy atom. The number of allylic oxidation sites excluding steroid dienone is 1. The molecule has 0 aromatic carbocycles. The topological polar surface area (TPSA) is 20.2 Å². The van der Waals surface area contributed by atoms with Gasteiger partial charge in [-0.15, -0.1) is 0 Å². The molecule has 0 aliphatic rings. The highest BCUT2D eigenvalue weighted by molar-refractivity contribution is 14.1. The first-order valence-corrected chi connectivity index (χ1v) is 5.47. The largest absolute Gasteiger partial charge is 0.460 e. The van der Waals surface area contributed by atoms with Crippen LogP contribution in [0.2, 0.25) is 0 Å². The number of halogens is 10. The second-order valence-corrected chi connectivity index (χ2v) is 4.72. The third kappa shape index (κ3) is 3.67. The van der Waals surface area contributed by atoms with Gasteiger partial charge in [0.2, 0.25) is 0 Å². The van der Waals surface area contributed by atoms with Crippen LogP contribution in [0.5, 0.6) is 0 Å². The summed E-state index contributed by atoms with van der Waals surface area (Å²) >= 11 is 1.02. The predicted octanol–water partition coefficient (Wildman–Crippen LogP) is 4.16. The van der Waals surface area contributed by atoms with Gasteiger partial charge < -0.3 is 5.11 Å². The molecule has 0 unspecified atom stereocenters. The van der Waals surface area contributed by atoms with Crippen LogP contribution in [0.15, 0.2) is 9.66 Å². The molecule has 1 N–H and O–H groups in total. The van der Waals surface area contributed by atoms with Crippen molar-refractivity contribution < 1.29 is 44.6 Å². The summed E-state index contributed by atoms with van der Waals surface area (Å²) < 4.78 is 111. The van der Waals surface area contributed by atoms with E-state index in [0.717, 1.165) is 22.6 Å². The van der Waals surface area contributed by atoms with Gasteiger partial charge in [-0.05, 0) is 26.2 Å². The number of alkyl halides is 9. The van der Waals surface area contributed by atoms with Crippen LogP contribution >= 0.6 is 22.6 Å². The first-order chi connectivity index (χ1) is 8.20. The van der Waals surface area contributed by atoms with Crippen LogP contribution in [0.3, 0.4) is 0 Å². The number of rotatable bonds is 5. The molecule has 0 rings (SSSR count). The molecular weight excluding hydrogens is 410 g/mol. The van der Waals surface area contributed by atoms with Crippen molar-refractivity contribution in [2.75, 3.05) is 6.61 Å². The van der Waals surface area contributed by atoms with Crippen LogP contribution < -0.4 is 0 Å². The average molecular weight is 416 g/mol. The van der Waals surface area contributed by atoms with Crippen molar-refractivity contribution in [3.05, 3.63) is 9.66 Å². The standard InChI is InChI=1S/C8H6F9IO/c9-5(10,3-4(18)1-2-19)6(11,12)7(13,14)8(15,16)17/h3,19H,1-2H2/b4-3+. The fourth-order valence-corrected chi connectivity index (χ4v) is 1.49. The Balaban J connectivity index is 5.58. The molecule has 114 valence electrons. The lowest BCUT2D eigenvalue weighted by molar-refractivity contribution is -0.388. The fraction of sp³-hybridized carbons (Fsp3) is 0.750. The van der Waals surface area contributed by atoms with Gasteiger partial charge >= 0.3 is 23.9 Å². The van der Waals surface area contributed by atoms with E-state index >= 15 is 0 Å². The Morgan fingerprint density at radius 2 is 1.32 bits per heavy atom. The Hall–Kier alpha value is -0.200. The molecule has 0 aromatic rings. The van der Waals surface area contributed by atoms with E-state index in [9.17, 15) is 39.5 Å². The molecular formula is C8H6F9IO. The van der Waals surface area contributed by atoms with E-state index in [-0.39, 0.29) is 0 Å². The first-order valence-electron chi connectivity index (χ1n) is 4.39. The number of aliphatic hydroxyl groups excluding tert-OH is 1. The van der Waals surface area contributed by atoms with E-state index in [4.69, 9.17) is 5.11 Å². The minimum atomic E-state index is -6.89. The molecule has 0 heterocycles. The molecule has 0 bridgehead atoms. The van der Waals surface area contributed by atoms with Crippen LogP contribution in [-0.2, 0) is 0 Å². The summed E-state index contributed by atoms with van der Waals surface area (Å²) in [5.74, 6) is -19.3. The highest BCUT2D eigenvalue weighted by atomic mass is 127. The molecule has 19 heavy (non-hydrogen) atoms. The van der Waals surface area contributed by atoms with Crippen LogP contribution in [0, 0.1) is 0 Å². The van der Waals surface area contributed by atoms with Crippen molar-refractivity contribution >= 4 is 22.6 Å². The van der Waals surface area contributed by atoms with E-state index < -0.39 is 46.6 Å². The van der Waals surface area contributed by atoms with E-state index in [1.165, 1.54) is 0 Å².